The van der Waals surface area contributed by atoms with E-state index in [9.17, 15) is 9.59 Å². The Morgan fingerprint density at radius 1 is 1.00 bits per heavy atom. The molecule has 0 bridgehead atoms. The molecule has 23 heavy (non-hydrogen) atoms. The molecule has 0 saturated carbocycles. The molecule has 2 aromatic heterocycles. The monoisotopic (exact) mass is 334 g/mol. The largest absolute Gasteiger partial charge is 0.335 e. The molecule has 0 aromatic carbocycles. The van der Waals surface area contributed by atoms with Gasteiger partial charge in [-0.05, 0) is 18.6 Å². The molecule has 1 N–H and O–H groups in total. The highest BCUT2D eigenvalue weighted by molar-refractivity contribution is 6.30. The highest BCUT2D eigenvalue weighted by Crippen LogP contribution is 2.12. The number of halogens is 1. The summed E-state index contributed by atoms with van der Waals surface area (Å²) in [7, 11) is 0. The van der Waals surface area contributed by atoms with Crippen molar-refractivity contribution in [2.75, 3.05) is 26.2 Å². The van der Waals surface area contributed by atoms with Crippen LogP contribution in [0.5, 0.6) is 0 Å². The van der Waals surface area contributed by atoms with Crippen LogP contribution in [0.3, 0.4) is 0 Å². The molecule has 0 spiro atoms. The summed E-state index contributed by atoms with van der Waals surface area (Å²) in [6.45, 7) is 2.05. The summed E-state index contributed by atoms with van der Waals surface area (Å²) in [6, 6.07) is 3.24. The smallest absolute Gasteiger partial charge is 0.276 e. The number of nitrogens with zero attached hydrogens (tertiary/aromatic N) is 5. The fourth-order valence-corrected chi connectivity index (χ4v) is 2.57. The average Bonchev–Trinajstić information content (AvgIpc) is 2.99. The number of hydrogen-bond acceptors (Lipinski definition) is 5. The Kier molecular flexibility index (Phi) is 4.52. The lowest BCUT2D eigenvalue weighted by Gasteiger charge is -2.21. The first-order valence-electron chi connectivity index (χ1n) is 7.21. The van der Waals surface area contributed by atoms with Crippen LogP contribution < -0.4 is 0 Å². The molecule has 3 heterocycles. The van der Waals surface area contributed by atoms with Gasteiger partial charge >= 0.3 is 0 Å². The van der Waals surface area contributed by atoms with Gasteiger partial charge in [0.1, 0.15) is 5.69 Å². The highest BCUT2D eigenvalue weighted by atomic mass is 35.5. The molecule has 120 valence electrons. The van der Waals surface area contributed by atoms with Crippen molar-refractivity contribution in [2.24, 2.45) is 0 Å². The maximum absolute atomic E-state index is 12.5. The molecule has 0 atom stereocenters. The summed E-state index contributed by atoms with van der Waals surface area (Å²) in [5, 5.41) is 10.4. The molecular weight excluding hydrogens is 320 g/mol. The van der Waals surface area contributed by atoms with Crippen molar-refractivity contribution in [3.05, 3.63) is 40.9 Å². The van der Waals surface area contributed by atoms with Crippen molar-refractivity contribution in [3.63, 3.8) is 0 Å². The fraction of sp³-hybridized carbons (Fsp3) is 0.357. The normalized spacial score (nSPS) is 15.3. The summed E-state index contributed by atoms with van der Waals surface area (Å²) in [4.78, 5) is 32.2. The van der Waals surface area contributed by atoms with Crippen LogP contribution in [-0.2, 0) is 0 Å². The second kappa shape index (κ2) is 6.74. The number of H-pyrrole nitrogens is 1. The van der Waals surface area contributed by atoms with Crippen LogP contribution in [-0.4, -0.2) is 68.2 Å². The minimum Gasteiger partial charge on any atom is -0.335 e. The minimum absolute atomic E-state index is 0.155. The number of aromatic amines is 1. The number of aromatic nitrogens is 4. The van der Waals surface area contributed by atoms with Gasteiger partial charge in [0, 0.05) is 32.4 Å². The quantitative estimate of drug-likeness (QED) is 0.878. The summed E-state index contributed by atoms with van der Waals surface area (Å²) >= 11 is 5.79. The van der Waals surface area contributed by atoms with Gasteiger partial charge in [-0.15, -0.1) is 0 Å². The standard InChI is InChI=1S/C14H15ClN6O2/c15-10-2-3-11(16-8-10)13(22)20-4-1-5-21(7-6-20)14(23)12-9-17-19-18-12/h2-3,8-9H,1,4-7H2,(H,17,18,19). The summed E-state index contributed by atoms with van der Waals surface area (Å²) in [5.41, 5.74) is 0.634. The molecular formula is C14H15ClN6O2. The number of carbonyl (C=O) groups excluding carboxylic acids is 2. The van der Waals surface area contributed by atoms with Gasteiger partial charge in [-0.25, -0.2) is 4.98 Å². The molecule has 1 saturated heterocycles. The fourth-order valence-electron chi connectivity index (χ4n) is 2.45. The molecule has 0 aliphatic carbocycles. The van der Waals surface area contributed by atoms with Crippen molar-refractivity contribution in [2.45, 2.75) is 6.42 Å². The lowest BCUT2D eigenvalue weighted by Crippen LogP contribution is -2.37. The number of pyridine rings is 1. The molecule has 3 rings (SSSR count). The van der Waals surface area contributed by atoms with Crippen LogP contribution in [0, 0.1) is 0 Å². The van der Waals surface area contributed by atoms with Crippen molar-refractivity contribution in [1.29, 1.82) is 0 Å². The third-order valence-corrected chi connectivity index (χ3v) is 3.87. The average molecular weight is 335 g/mol. The molecule has 1 aliphatic heterocycles. The van der Waals surface area contributed by atoms with E-state index < -0.39 is 0 Å². The summed E-state index contributed by atoms with van der Waals surface area (Å²) < 4.78 is 0. The highest BCUT2D eigenvalue weighted by Gasteiger charge is 2.25. The van der Waals surface area contributed by atoms with Crippen molar-refractivity contribution >= 4 is 23.4 Å². The minimum atomic E-state index is -0.183. The van der Waals surface area contributed by atoms with E-state index in [1.807, 2.05) is 0 Å². The zero-order chi connectivity index (χ0) is 16.2. The third kappa shape index (κ3) is 3.48. The Morgan fingerprint density at radius 3 is 2.26 bits per heavy atom. The molecule has 1 aliphatic rings. The van der Waals surface area contributed by atoms with Crippen LogP contribution in [0.1, 0.15) is 27.4 Å². The van der Waals surface area contributed by atoms with Gasteiger partial charge in [0.15, 0.2) is 5.69 Å². The Balaban J connectivity index is 1.65. The molecule has 8 nitrogen and oxygen atoms in total. The lowest BCUT2D eigenvalue weighted by atomic mass is 10.3. The van der Waals surface area contributed by atoms with Crippen LogP contribution in [0.2, 0.25) is 5.02 Å². The molecule has 0 radical (unpaired) electrons. The van der Waals surface area contributed by atoms with Crippen LogP contribution in [0.15, 0.2) is 24.5 Å². The van der Waals surface area contributed by atoms with E-state index in [1.54, 1.807) is 21.9 Å². The maximum atomic E-state index is 12.5. The second-order valence-electron chi connectivity index (χ2n) is 5.15. The topological polar surface area (TPSA) is 95.1 Å². The van der Waals surface area contributed by atoms with E-state index in [0.717, 1.165) is 0 Å². The number of rotatable bonds is 2. The van der Waals surface area contributed by atoms with Gasteiger partial charge in [0.25, 0.3) is 11.8 Å². The summed E-state index contributed by atoms with van der Waals surface area (Å²) in [6.07, 6.45) is 3.55. The van der Waals surface area contributed by atoms with E-state index >= 15 is 0 Å². The molecule has 2 amide bonds. The van der Waals surface area contributed by atoms with Crippen LogP contribution in [0.25, 0.3) is 0 Å². The van der Waals surface area contributed by atoms with E-state index in [-0.39, 0.29) is 17.5 Å². The Morgan fingerprint density at radius 2 is 1.70 bits per heavy atom. The van der Waals surface area contributed by atoms with E-state index in [2.05, 4.69) is 20.4 Å². The van der Waals surface area contributed by atoms with Crippen molar-refractivity contribution < 1.29 is 9.59 Å². The predicted molar refractivity (Wildman–Crippen MR) is 82.1 cm³/mol. The zero-order valence-corrected chi connectivity index (χ0v) is 13.0. The Bertz CT molecular complexity index is 688. The van der Waals surface area contributed by atoms with Gasteiger partial charge in [-0.2, -0.15) is 15.4 Å². The molecule has 0 unspecified atom stereocenters. The first-order valence-corrected chi connectivity index (χ1v) is 7.59. The lowest BCUT2D eigenvalue weighted by molar-refractivity contribution is 0.0713. The van der Waals surface area contributed by atoms with Gasteiger partial charge in [-0.3, -0.25) is 9.59 Å². The van der Waals surface area contributed by atoms with E-state index in [1.165, 1.54) is 12.4 Å². The number of nitrogens with one attached hydrogen (secondary N) is 1. The van der Waals surface area contributed by atoms with Gasteiger partial charge in [-0.1, -0.05) is 11.6 Å². The number of carbonyl (C=O) groups is 2. The second-order valence-corrected chi connectivity index (χ2v) is 5.59. The molecule has 9 heteroatoms. The van der Waals surface area contributed by atoms with E-state index in [4.69, 9.17) is 11.6 Å². The maximum Gasteiger partial charge on any atom is 0.276 e. The Hall–Kier alpha value is -2.48. The third-order valence-electron chi connectivity index (χ3n) is 3.65. The SMILES string of the molecule is O=C(c1ccc(Cl)cn1)N1CCCN(C(=O)c2cn[nH]n2)CC1. The summed E-state index contributed by atoms with van der Waals surface area (Å²) in [5.74, 6) is -0.338. The molecule has 2 aromatic rings. The van der Waals surface area contributed by atoms with Crippen LogP contribution in [0.4, 0.5) is 0 Å². The van der Waals surface area contributed by atoms with Gasteiger partial charge in [0.2, 0.25) is 0 Å². The first kappa shape index (κ1) is 15.4. The van der Waals surface area contributed by atoms with Crippen LogP contribution >= 0.6 is 11.6 Å². The van der Waals surface area contributed by atoms with E-state index in [0.29, 0.717) is 43.3 Å². The number of amides is 2. The number of hydrogen-bond donors (Lipinski definition) is 1. The van der Waals surface area contributed by atoms with Gasteiger partial charge < -0.3 is 9.80 Å². The zero-order valence-electron chi connectivity index (χ0n) is 12.3. The van der Waals surface area contributed by atoms with Crippen molar-refractivity contribution in [1.82, 2.24) is 30.2 Å². The van der Waals surface area contributed by atoms with Crippen molar-refractivity contribution in [3.8, 4) is 0 Å². The first-order chi connectivity index (χ1) is 11.1. The molecule has 1 fully saturated rings. The predicted octanol–water partition coefficient (Wildman–Crippen LogP) is 0.841. The van der Waals surface area contributed by atoms with Gasteiger partial charge in [0.05, 0.1) is 11.2 Å². The Labute approximate surface area is 137 Å².